The molecule has 0 spiro atoms. The fraction of sp³-hybridized carbons (Fsp3) is 0.167. The Bertz CT molecular complexity index is 888. The zero-order valence-electron chi connectivity index (χ0n) is 14.0. The van der Waals surface area contributed by atoms with Crippen LogP contribution in [0.1, 0.15) is 18.1 Å². The summed E-state index contributed by atoms with van der Waals surface area (Å²) in [5.41, 5.74) is 2.97. The highest BCUT2D eigenvalue weighted by Crippen LogP contribution is 2.24. The second-order valence-corrected chi connectivity index (χ2v) is 6.82. The number of benzene rings is 2. The molecule has 3 rings (SSSR count). The molecule has 26 heavy (non-hydrogen) atoms. The SMILES string of the molecule is CCc1ccc(NC(=S)Nc2ncn(Cc3c(Cl)cccc3Cl)n2)cc1. The molecular formula is C18H17Cl2N5S. The van der Waals surface area contributed by atoms with Gasteiger partial charge in [0.2, 0.25) is 5.95 Å². The van der Waals surface area contributed by atoms with E-state index >= 15 is 0 Å². The van der Waals surface area contributed by atoms with E-state index in [9.17, 15) is 0 Å². The molecule has 2 aromatic carbocycles. The van der Waals surface area contributed by atoms with Gasteiger partial charge in [0.05, 0.1) is 6.54 Å². The van der Waals surface area contributed by atoms with Crippen LogP contribution in [0, 0.1) is 0 Å². The Balaban J connectivity index is 1.61. The lowest BCUT2D eigenvalue weighted by atomic mass is 10.1. The molecule has 2 N–H and O–H groups in total. The number of halogens is 2. The Morgan fingerprint density at radius 3 is 2.42 bits per heavy atom. The Morgan fingerprint density at radius 2 is 1.77 bits per heavy atom. The first-order chi connectivity index (χ1) is 12.5. The molecule has 134 valence electrons. The van der Waals surface area contributed by atoms with Crippen LogP contribution in [0.15, 0.2) is 48.8 Å². The summed E-state index contributed by atoms with van der Waals surface area (Å²) >= 11 is 17.7. The average molecular weight is 406 g/mol. The molecule has 0 bridgehead atoms. The van der Waals surface area contributed by atoms with Crippen LogP contribution in [0.25, 0.3) is 0 Å². The van der Waals surface area contributed by atoms with Gasteiger partial charge in [-0.05, 0) is 48.5 Å². The van der Waals surface area contributed by atoms with Crippen molar-refractivity contribution in [3.05, 3.63) is 70.0 Å². The van der Waals surface area contributed by atoms with Gasteiger partial charge in [0.15, 0.2) is 5.11 Å². The predicted molar refractivity (Wildman–Crippen MR) is 111 cm³/mol. The molecule has 0 saturated carbocycles. The number of nitrogens with zero attached hydrogens (tertiary/aromatic N) is 3. The van der Waals surface area contributed by atoms with Crippen LogP contribution in [-0.2, 0) is 13.0 Å². The quantitative estimate of drug-likeness (QED) is 0.584. The minimum atomic E-state index is 0.399. The van der Waals surface area contributed by atoms with Crippen molar-refractivity contribution >= 4 is 52.2 Å². The molecule has 0 fully saturated rings. The van der Waals surface area contributed by atoms with Crippen molar-refractivity contribution in [1.82, 2.24) is 14.8 Å². The average Bonchev–Trinajstić information content (AvgIpc) is 3.06. The zero-order valence-corrected chi connectivity index (χ0v) is 16.4. The van der Waals surface area contributed by atoms with E-state index in [0.717, 1.165) is 17.7 Å². The minimum Gasteiger partial charge on any atom is -0.332 e. The molecule has 0 unspecified atom stereocenters. The predicted octanol–water partition coefficient (Wildman–Crippen LogP) is 5.00. The number of aryl methyl sites for hydroxylation is 1. The lowest BCUT2D eigenvalue weighted by molar-refractivity contribution is 0.687. The first kappa shape index (κ1) is 18.6. The topological polar surface area (TPSA) is 54.8 Å². The maximum atomic E-state index is 6.19. The Morgan fingerprint density at radius 1 is 1.08 bits per heavy atom. The van der Waals surface area contributed by atoms with Crippen LogP contribution >= 0.6 is 35.4 Å². The van der Waals surface area contributed by atoms with E-state index in [-0.39, 0.29) is 0 Å². The first-order valence-electron chi connectivity index (χ1n) is 8.04. The van der Waals surface area contributed by atoms with Crippen molar-refractivity contribution in [3.63, 3.8) is 0 Å². The molecule has 0 radical (unpaired) electrons. The molecule has 1 heterocycles. The number of rotatable bonds is 5. The molecule has 0 atom stereocenters. The molecular weight excluding hydrogens is 389 g/mol. The van der Waals surface area contributed by atoms with Crippen LogP contribution in [0.4, 0.5) is 11.6 Å². The number of nitrogens with one attached hydrogen (secondary N) is 2. The fourth-order valence-electron chi connectivity index (χ4n) is 2.36. The lowest BCUT2D eigenvalue weighted by Crippen LogP contribution is -2.20. The highest BCUT2D eigenvalue weighted by Gasteiger charge is 2.09. The highest BCUT2D eigenvalue weighted by molar-refractivity contribution is 7.80. The van der Waals surface area contributed by atoms with Gasteiger partial charge in [-0.1, -0.05) is 48.3 Å². The molecule has 0 aliphatic rings. The third-order valence-electron chi connectivity index (χ3n) is 3.76. The van der Waals surface area contributed by atoms with E-state index in [4.69, 9.17) is 35.4 Å². The number of anilines is 2. The van der Waals surface area contributed by atoms with Gasteiger partial charge in [-0.3, -0.25) is 5.32 Å². The summed E-state index contributed by atoms with van der Waals surface area (Å²) in [4.78, 5) is 4.21. The van der Waals surface area contributed by atoms with E-state index in [0.29, 0.717) is 27.7 Å². The molecule has 0 aliphatic carbocycles. The molecule has 8 heteroatoms. The van der Waals surface area contributed by atoms with Crippen LogP contribution in [-0.4, -0.2) is 19.9 Å². The molecule has 1 aromatic heterocycles. The van der Waals surface area contributed by atoms with Crippen molar-refractivity contribution in [3.8, 4) is 0 Å². The highest BCUT2D eigenvalue weighted by atomic mass is 35.5. The monoisotopic (exact) mass is 405 g/mol. The fourth-order valence-corrected chi connectivity index (χ4v) is 3.09. The van der Waals surface area contributed by atoms with Crippen LogP contribution in [0.3, 0.4) is 0 Å². The third-order valence-corrected chi connectivity index (χ3v) is 4.68. The van der Waals surface area contributed by atoms with Gasteiger partial charge in [-0.25, -0.2) is 9.67 Å². The summed E-state index contributed by atoms with van der Waals surface area (Å²) in [5.74, 6) is 0.399. The van der Waals surface area contributed by atoms with Gasteiger partial charge in [0.1, 0.15) is 6.33 Å². The summed E-state index contributed by atoms with van der Waals surface area (Å²) in [6.45, 7) is 2.54. The zero-order chi connectivity index (χ0) is 18.5. The number of aromatic nitrogens is 3. The summed E-state index contributed by atoms with van der Waals surface area (Å²) < 4.78 is 1.65. The Hall–Kier alpha value is -2.15. The second kappa shape index (κ2) is 8.49. The van der Waals surface area contributed by atoms with E-state index in [1.165, 1.54) is 5.56 Å². The van der Waals surface area contributed by atoms with Gasteiger partial charge in [0, 0.05) is 21.3 Å². The summed E-state index contributed by atoms with van der Waals surface area (Å²) in [7, 11) is 0. The number of thiocarbonyl (C=S) groups is 1. The summed E-state index contributed by atoms with van der Waals surface area (Å²) in [6.07, 6.45) is 2.60. The largest absolute Gasteiger partial charge is 0.332 e. The van der Waals surface area contributed by atoms with Crippen LogP contribution < -0.4 is 10.6 Å². The van der Waals surface area contributed by atoms with Crippen molar-refractivity contribution < 1.29 is 0 Å². The molecule has 5 nitrogen and oxygen atoms in total. The van der Waals surface area contributed by atoms with Crippen molar-refractivity contribution in [2.45, 2.75) is 19.9 Å². The number of hydrogen-bond acceptors (Lipinski definition) is 3. The maximum absolute atomic E-state index is 6.19. The van der Waals surface area contributed by atoms with Crippen molar-refractivity contribution in [2.24, 2.45) is 0 Å². The molecule has 0 saturated heterocycles. The Labute approximate surface area is 167 Å². The van der Waals surface area contributed by atoms with E-state index in [1.807, 2.05) is 12.1 Å². The van der Waals surface area contributed by atoms with Gasteiger partial charge >= 0.3 is 0 Å². The lowest BCUT2D eigenvalue weighted by Gasteiger charge is -2.08. The van der Waals surface area contributed by atoms with E-state index < -0.39 is 0 Å². The summed E-state index contributed by atoms with van der Waals surface area (Å²) in [6, 6.07) is 13.5. The molecule has 0 amide bonds. The van der Waals surface area contributed by atoms with E-state index in [2.05, 4.69) is 39.8 Å². The van der Waals surface area contributed by atoms with Gasteiger partial charge in [-0.2, -0.15) is 0 Å². The van der Waals surface area contributed by atoms with Crippen LogP contribution in [0.2, 0.25) is 10.0 Å². The maximum Gasteiger partial charge on any atom is 0.248 e. The third kappa shape index (κ3) is 4.72. The van der Waals surface area contributed by atoms with Crippen molar-refractivity contribution in [1.29, 1.82) is 0 Å². The molecule has 3 aromatic rings. The van der Waals surface area contributed by atoms with Gasteiger partial charge in [-0.15, -0.1) is 5.10 Å². The number of hydrogen-bond donors (Lipinski definition) is 2. The first-order valence-corrected chi connectivity index (χ1v) is 9.21. The normalized spacial score (nSPS) is 10.6. The van der Waals surface area contributed by atoms with Crippen LogP contribution in [0.5, 0.6) is 0 Å². The Kier molecular flexibility index (Phi) is 6.08. The minimum absolute atomic E-state index is 0.399. The van der Waals surface area contributed by atoms with Crippen molar-refractivity contribution in [2.75, 3.05) is 10.6 Å². The summed E-state index contributed by atoms with van der Waals surface area (Å²) in [5, 5.41) is 12.0. The van der Waals surface area contributed by atoms with Gasteiger partial charge < -0.3 is 5.32 Å². The molecule has 0 aliphatic heterocycles. The van der Waals surface area contributed by atoms with E-state index in [1.54, 1.807) is 29.2 Å². The smallest absolute Gasteiger partial charge is 0.248 e. The standard InChI is InChI=1S/C18H17Cl2N5S/c1-2-12-6-8-13(9-7-12)22-18(26)23-17-21-11-25(24-17)10-14-15(19)4-3-5-16(14)20/h3-9,11H,2,10H2,1H3,(H2,22,23,24,26). The van der Waals surface area contributed by atoms with Gasteiger partial charge in [0.25, 0.3) is 0 Å². The second-order valence-electron chi connectivity index (χ2n) is 5.60.